The van der Waals surface area contributed by atoms with Crippen molar-refractivity contribution >= 4 is 32.4 Å². The second-order valence-electron chi connectivity index (χ2n) is 3.19. The third-order valence-corrected chi connectivity index (χ3v) is 2.72. The zero-order chi connectivity index (χ0) is 9.84. The largest absolute Gasteiger partial charge is 0.358 e. The van der Waals surface area contributed by atoms with Gasteiger partial charge in [0.25, 0.3) is 0 Å². The van der Waals surface area contributed by atoms with E-state index in [2.05, 4.69) is 45.3 Å². The predicted molar refractivity (Wildman–Crippen MR) is 60.7 cm³/mol. The fraction of sp³-hybridized carbons (Fsp3) is 0.750. The van der Waals surface area contributed by atoms with Crippen molar-refractivity contribution in [2.45, 2.75) is 38.1 Å². The summed E-state index contributed by atoms with van der Waals surface area (Å²) in [5.74, 6) is 0. The van der Waals surface area contributed by atoms with Crippen molar-refractivity contribution in [3.8, 4) is 0 Å². The molecule has 0 aliphatic rings. The van der Waals surface area contributed by atoms with Gasteiger partial charge in [-0.1, -0.05) is 34.2 Å². The number of aryl methyl sites for hydroxylation is 1. The molecule has 0 aromatic carbocycles. The first-order valence-corrected chi connectivity index (χ1v) is 6.02. The Bertz CT molecular complexity index is 262. The van der Waals surface area contributed by atoms with Crippen molar-refractivity contribution in [2.75, 3.05) is 5.32 Å². The maximum absolute atomic E-state index is 4.01. The van der Waals surface area contributed by atoms with Crippen LogP contribution >= 0.6 is 27.3 Å². The molecule has 0 saturated heterocycles. The summed E-state index contributed by atoms with van der Waals surface area (Å²) in [6.07, 6.45) is 1.08. The van der Waals surface area contributed by atoms with Crippen LogP contribution in [0.4, 0.5) is 5.13 Å². The fourth-order valence-electron chi connectivity index (χ4n) is 1.11. The van der Waals surface area contributed by atoms with Crippen LogP contribution in [0.15, 0.2) is 0 Å². The normalized spacial score (nSPS) is 15.4. The molecule has 0 bridgehead atoms. The van der Waals surface area contributed by atoms with Crippen LogP contribution < -0.4 is 5.32 Å². The fourth-order valence-corrected chi connectivity index (χ4v) is 2.38. The summed E-state index contributed by atoms with van der Waals surface area (Å²) in [5, 5.41) is 13.2. The lowest BCUT2D eigenvalue weighted by molar-refractivity contribution is 0.706. The van der Waals surface area contributed by atoms with Crippen LogP contribution in [-0.2, 0) is 0 Å². The van der Waals surface area contributed by atoms with Gasteiger partial charge in [-0.15, -0.1) is 10.2 Å². The van der Waals surface area contributed by atoms with Gasteiger partial charge in [0.15, 0.2) is 0 Å². The second-order valence-corrected chi connectivity index (χ2v) is 5.93. The summed E-state index contributed by atoms with van der Waals surface area (Å²) in [4.78, 5) is 0.531. The lowest BCUT2D eigenvalue weighted by Gasteiger charge is -2.13. The van der Waals surface area contributed by atoms with Crippen LogP contribution in [0.1, 0.15) is 25.3 Å². The Morgan fingerprint density at radius 1 is 1.46 bits per heavy atom. The van der Waals surface area contributed by atoms with Crippen LogP contribution in [0.3, 0.4) is 0 Å². The first kappa shape index (κ1) is 10.9. The van der Waals surface area contributed by atoms with E-state index < -0.39 is 0 Å². The van der Waals surface area contributed by atoms with Gasteiger partial charge in [0.05, 0.1) is 0 Å². The lowest BCUT2D eigenvalue weighted by Crippen LogP contribution is -2.18. The molecule has 1 aromatic heterocycles. The summed E-state index contributed by atoms with van der Waals surface area (Å²) in [5.41, 5.74) is 0. The van der Waals surface area contributed by atoms with Gasteiger partial charge in [0.2, 0.25) is 5.13 Å². The van der Waals surface area contributed by atoms with E-state index in [4.69, 9.17) is 0 Å². The van der Waals surface area contributed by atoms with E-state index in [1.807, 2.05) is 6.92 Å². The van der Waals surface area contributed by atoms with Crippen LogP contribution in [0.25, 0.3) is 0 Å². The number of hydrogen-bond acceptors (Lipinski definition) is 4. The topological polar surface area (TPSA) is 37.8 Å². The Hall–Kier alpha value is -0.160. The van der Waals surface area contributed by atoms with Gasteiger partial charge < -0.3 is 5.32 Å². The van der Waals surface area contributed by atoms with E-state index in [1.54, 1.807) is 11.3 Å². The van der Waals surface area contributed by atoms with E-state index in [-0.39, 0.29) is 0 Å². The van der Waals surface area contributed by atoms with Gasteiger partial charge >= 0.3 is 0 Å². The Balaban J connectivity index is 2.40. The standard InChI is InChI=1S/C8H14BrN3S/c1-5(9)4-6(2)10-8-12-11-7(3)13-8/h5-6H,4H2,1-3H3,(H,10,12). The molecule has 3 nitrogen and oxygen atoms in total. The van der Waals surface area contributed by atoms with Crippen LogP contribution in [-0.4, -0.2) is 21.1 Å². The highest BCUT2D eigenvalue weighted by Crippen LogP contribution is 2.17. The first-order valence-electron chi connectivity index (χ1n) is 4.28. The van der Waals surface area contributed by atoms with Gasteiger partial charge in [-0.3, -0.25) is 0 Å². The molecule has 0 radical (unpaired) electrons. The Kier molecular flexibility index (Phi) is 4.12. The highest BCUT2D eigenvalue weighted by molar-refractivity contribution is 9.09. The van der Waals surface area contributed by atoms with E-state index in [9.17, 15) is 0 Å². The molecule has 13 heavy (non-hydrogen) atoms. The molecule has 1 rings (SSSR count). The van der Waals surface area contributed by atoms with Gasteiger partial charge in [-0.05, 0) is 20.3 Å². The molecule has 2 unspecified atom stereocenters. The number of hydrogen-bond donors (Lipinski definition) is 1. The smallest absolute Gasteiger partial charge is 0.205 e. The van der Waals surface area contributed by atoms with Crippen molar-refractivity contribution in [2.24, 2.45) is 0 Å². The van der Waals surface area contributed by atoms with Crippen molar-refractivity contribution in [1.29, 1.82) is 0 Å². The third-order valence-electron chi connectivity index (χ3n) is 1.57. The maximum Gasteiger partial charge on any atom is 0.205 e. The van der Waals surface area contributed by atoms with Gasteiger partial charge in [0.1, 0.15) is 5.01 Å². The molecule has 1 N–H and O–H groups in total. The van der Waals surface area contributed by atoms with E-state index in [1.165, 1.54) is 0 Å². The molecule has 0 saturated carbocycles. The van der Waals surface area contributed by atoms with Crippen LogP contribution in [0.5, 0.6) is 0 Å². The molecule has 0 spiro atoms. The highest BCUT2D eigenvalue weighted by Gasteiger charge is 2.07. The van der Waals surface area contributed by atoms with Crippen molar-refractivity contribution in [3.63, 3.8) is 0 Å². The molecule has 0 amide bonds. The van der Waals surface area contributed by atoms with Crippen molar-refractivity contribution in [3.05, 3.63) is 5.01 Å². The minimum atomic E-state index is 0.432. The number of rotatable bonds is 4. The van der Waals surface area contributed by atoms with E-state index in [0.29, 0.717) is 10.9 Å². The average Bonchev–Trinajstić information content (AvgIpc) is 2.33. The summed E-state index contributed by atoms with van der Waals surface area (Å²) in [6.45, 7) is 6.25. The molecule has 0 aliphatic heterocycles. The molecule has 0 fully saturated rings. The summed E-state index contributed by atoms with van der Waals surface area (Å²) in [7, 11) is 0. The lowest BCUT2D eigenvalue weighted by atomic mass is 10.2. The minimum Gasteiger partial charge on any atom is -0.358 e. The quantitative estimate of drug-likeness (QED) is 0.850. The Morgan fingerprint density at radius 3 is 2.62 bits per heavy atom. The molecule has 2 atom stereocenters. The SMILES string of the molecule is Cc1nnc(NC(C)CC(C)Br)s1. The average molecular weight is 264 g/mol. The van der Waals surface area contributed by atoms with E-state index in [0.717, 1.165) is 16.6 Å². The molecular formula is C8H14BrN3S. The zero-order valence-corrected chi connectivity index (χ0v) is 10.4. The zero-order valence-electron chi connectivity index (χ0n) is 8.04. The van der Waals surface area contributed by atoms with Crippen LogP contribution in [0, 0.1) is 6.92 Å². The maximum atomic E-state index is 4.01. The number of anilines is 1. The summed E-state index contributed by atoms with van der Waals surface area (Å²) < 4.78 is 0. The van der Waals surface area contributed by atoms with Gasteiger partial charge in [-0.2, -0.15) is 0 Å². The molecule has 1 heterocycles. The minimum absolute atomic E-state index is 0.432. The number of nitrogens with one attached hydrogen (secondary N) is 1. The number of alkyl halides is 1. The number of aromatic nitrogens is 2. The van der Waals surface area contributed by atoms with Crippen molar-refractivity contribution in [1.82, 2.24) is 10.2 Å². The van der Waals surface area contributed by atoms with Crippen LogP contribution in [0.2, 0.25) is 0 Å². The Labute approximate surface area is 91.1 Å². The Morgan fingerprint density at radius 2 is 2.15 bits per heavy atom. The summed E-state index contributed by atoms with van der Waals surface area (Å²) >= 11 is 5.12. The monoisotopic (exact) mass is 263 g/mol. The number of nitrogens with zero attached hydrogens (tertiary/aromatic N) is 2. The van der Waals surface area contributed by atoms with Gasteiger partial charge in [-0.25, -0.2) is 0 Å². The first-order chi connectivity index (χ1) is 6.08. The number of halogens is 1. The van der Waals surface area contributed by atoms with Crippen molar-refractivity contribution < 1.29 is 0 Å². The molecule has 74 valence electrons. The predicted octanol–water partition coefficient (Wildman–Crippen LogP) is 2.82. The molecule has 5 heteroatoms. The molecule has 1 aromatic rings. The second kappa shape index (κ2) is 4.91. The molecular weight excluding hydrogens is 250 g/mol. The van der Waals surface area contributed by atoms with Gasteiger partial charge in [0, 0.05) is 10.9 Å². The molecule has 0 aliphatic carbocycles. The van der Waals surface area contributed by atoms with E-state index >= 15 is 0 Å². The summed E-state index contributed by atoms with van der Waals surface area (Å²) in [6, 6.07) is 0.432. The third kappa shape index (κ3) is 4.04. The highest BCUT2D eigenvalue weighted by atomic mass is 79.9.